The lowest BCUT2D eigenvalue weighted by molar-refractivity contribution is -0.123. The molecular weight excluding hydrogens is 309 g/mol. The van der Waals surface area contributed by atoms with E-state index in [-0.39, 0.29) is 5.56 Å². The number of nitrogens with zero attached hydrogens (tertiary/aromatic N) is 1. The number of amides is 2. The summed E-state index contributed by atoms with van der Waals surface area (Å²) < 4.78 is 13.1. The van der Waals surface area contributed by atoms with E-state index in [1.54, 1.807) is 18.2 Å². The van der Waals surface area contributed by atoms with Crippen LogP contribution in [-0.4, -0.2) is 16.8 Å². The van der Waals surface area contributed by atoms with E-state index in [0.717, 1.165) is 12.3 Å². The van der Waals surface area contributed by atoms with Gasteiger partial charge in [-0.05, 0) is 30.7 Å². The van der Waals surface area contributed by atoms with Crippen molar-refractivity contribution in [2.75, 3.05) is 0 Å². The van der Waals surface area contributed by atoms with Crippen molar-refractivity contribution in [1.82, 2.24) is 10.3 Å². The first kappa shape index (κ1) is 15.9. The second-order valence-corrected chi connectivity index (χ2v) is 5.26. The van der Waals surface area contributed by atoms with Gasteiger partial charge in [-0.2, -0.15) is 4.39 Å². The summed E-state index contributed by atoms with van der Waals surface area (Å²) in [6.45, 7) is 1.45. The third-order valence-corrected chi connectivity index (χ3v) is 3.48. The molecule has 0 fully saturated rings. The fourth-order valence-corrected chi connectivity index (χ4v) is 2.11. The molecule has 2 aromatic rings. The first-order valence-corrected chi connectivity index (χ1v) is 6.71. The molecule has 0 unspecified atom stereocenters. The minimum absolute atomic E-state index is 0.0296. The van der Waals surface area contributed by atoms with Crippen LogP contribution in [0.3, 0.4) is 0 Å². The second kappa shape index (κ2) is 6.11. The zero-order chi connectivity index (χ0) is 16.3. The zero-order valence-electron chi connectivity index (χ0n) is 11.6. The van der Waals surface area contributed by atoms with Gasteiger partial charge in [0.25, 0.3) is 5.91 Å². The first-order valence-electron chi connectivity index (χ1n) is 6.33. The Balaban J connectivity index is 2.37. The van der Waals surface area contributed by atoms with Crippen molar-refractivity contribution in [2.45, 2.75) is 12.5 Å². The van der Waals surface area contributed by atoms with Crippen molar-refractivity contribution in [3.8, 4) is 0 Å². The van der Waals surface area contributed by atoms with Crippen LogP contribution in [0.15, 0.2) is 42.6 Å². The van der Waals surface area contributed by atoms with E-state index in [2.05, 4.69) is 10.3 Å². The molecule has 0 aliphatic carbocycles. The molecule has 0 bridgehead atoms. The molecule has 2 rings (SSSR count). The van der Waals surface area contributed by atoms with Crippen LogP contribution in [0, 0.1) is 5.95 Å². The highest BCUT2D eigenvalue weighted by molar-refractivity contribution is 6.30. The monoisotopic (exact) mass is 321 g/mol. The Labute approximate surface area is 131 Å². The van der Waals surface area contributed by atoms with Crippen LogP contribution in [0.5, 0.6) is 0 Å². The van der Waals surface area contributed by atoms with E-state index in [1.807, 2.05) is 0 Å². The van der Waals surface area contributed by atoms with Crippen molar-refractivity contribution < 1.29 is 14.0 Å². The molecule has 114 valence electrons. The van der Waals surface area contributed by atoms with Gasteiger partial charge >= 0.3 is 0 Å². The van der Waals surface area contributed by atoms with Gasteiger partial charge in [0.2, 0.25) is 11.9 Å². The molecule has 5 nitrogen and oxygen atoms in total. The summed E-state index contributed by atoms with van der Waals surface area (Å²) in [5.74, 6) is -2.21. The molecule has 0 saturated carbocycles. The number of carbonyl (C=O) groups excluding carboxylic acids is 2. The van der Waals surface area contributed by atoms with Crippen molar-refractivity contribution in [3.63, 3.8) is 0 Å². The first-order chi connectivity index (χ1) is 10.3. The molecule has 1 aromatic heterocycles. The summed E-state index contributed by atoms with van der Waals surface area (Å²) in [6.07, 6.45) is 1.16. The van der Waals surface area contributed by atoms with E-state index in [4.69, 9.17) is 17.3 Å². The van der Waals surface area contributed by atoms with E-state index >= 15 is 0 Å². The highest BCUT2D eigenvalue weighted by atomic mass is 35.5. The average Bonchev–Trinajstić information content (AvgIpc) is 2.46. The maximum atomic E-state index is 13.1. The van der Waals surface area contributed by atoms with Crippen LogP contribution in [0.2, 0.25) is 5.02 Å². The molecule has 7 heteroatoms. The lowest BCUT2D eigenvalue weighted by Crippen LogP contribution is -2.52. The van der Waals surface area contributed by atoms with Crippen LogP contribution in [-0.2, 0) is 10.3 Å². The molecule has 0 radical (unpaired) electrons. The minimum atomic E-state index is -1.48. The van der Waals surface area contributed by atoms with Gasteiger partial charge in [-0.1, -0.05) is 23.7 Å². The Kier molecular flexibility index (Phi) is 4.42. The lowest BCUT2D eigenvalue weighted by atomic mass is 9.91. The van der Waals surface area contributed by atoms with Gasteiger partial charge < -0.3 is 11.1 Å². The Morgan fingerprint density at radius 1 is 1.32 bits per heavy atom. The fraction of sp³-hybridized carbons (Fsp3) is 0.133. The molecule has 0 saturated heterocycles. The number of primary amides is 1. The maximum Gasteiger partial charge on any atom is 0.252 e. The molecular formula is C15H13ClFN3O2. The topological polar surface area (TPSA) is 85.1 Å². The van der Waals surface area contributed by atoms with Crippen LogP contribution < -0.4 is 11.1 Å². The van der Waals surface area contributed by atoms with Gasteiger partial charge in [-0.25, -0.2) is 4.98 Å². The number of hydrogen-bond donors (Lipinski definition) is 2. The van der Waals surface area contributed by atoms with E-state index < -0.39 is 23.3 Å². The van der Waals surface area contributed by atoms with Crippen molar-refractivity contribution in [3.05, 3.63) is 64.7 Å². The standard InChI is InChI=1S/C15H13ClFN3O2/c1-15(14(18)22,10-3-2-4-11(16)8-10)20-13(21)9-5-6-19-12(17)7-9/h2-8H,1H3,(H2,18,22)(H,20,21)/t15-/m0/s1. The maximum absolute atomic E-state index is 13.1. The molecule has 0 aliphatic rings. The fourth-order valence-electron chi connectivity index (χ4n) is 1.92. The van der Waals surface area contributed by atoms with Crippen LogP contribution in [0.25, 0.3) is 0 Å². The predicted molar refractivity (Wildman–Crippen MR) is 79.7 cm³/mol. The molecule has 2 amide bonds. The Morgan fingerprint density at radius 2 is 2.05 bits per heavy atom. The Bertz CT molecular complexity index is 738. The smallest absolute Gasteiger partial charge is 0.252 e. The van der Waals surface area contributed by atoms with E-state index in [9.17, 15) is 14.0 Å². The van der Waals surface area contributed by atoms with Crippen molar-refractivity contribution in [2.24, 2.45) is 5.73 Å². The number of aromatic nitrogens is 1. The Hall–Kier alpha value is -2.47. The van der Waals surface area contributed by atoms with E-state index in [0.29, 0.717) is 10.6 Å². The zero-order valence-corrected chi connectivity index (χ0v) is 12.4. The number of nitrogens with two attached hydrogens (primary N) is 1. The van der Waals surface area contributed by atoms with Crippen LogP contribution >= 0.6 is 11.6 Å². The highest BCUT2D eigenvalue weighted by Crippen LogP contribution is 2.24. The van der Waals surface area contributed by atoms with Crippen LogP contribution in [0.4, 0.5) is 4.39 Å². The summed E-state index contributed by atoms with van der Waals surface area (Å²) in [7, 11) is 0. The van der Waals surface area contributed by atoms with Gasteiger partial charge in [0.15, 0.2) is 0 Å². The number of pyridine rings is 1. The third kappa shape index (κ3) is 3.23. The van der Waals surface area contributed by atoms with Gasteiger partial charge in [-0.15, -0.1) is 0 Å². The number of hydrogen-bond acceptors (Lipinski definition) is 3. The normalized spacial score (nSPS) is 13.2. The minimum Gasteiger partial charge on any atom is -0.367 e. The predicted octanol–water partition coefficient (Wildman–Crippen LogP) is 2.00. The summed E-state index contributed by atoms with van der Waals surface area (Å²) in [6, 6.07) is 8.71. The number of benzene rings is 1. The summed E-state index contributed by atoms with van der Waals surface area (Å²) in [4.78, 5) is 27.4. The second-order valence-electron chi connectivity index (χ2n) is 4.82. The van der Waals surface area contributed by atoms with Crippen molar-refractivity contribution >= 4 is 23.4 Å². The summed E-state index contributed by atoms with van der Waals surface area (Å²) >= 11 is 5.91. The molecule has 22 heavy (non-hydrogen) atoms. The summed E-state index contributed by atoms with van der Waals surface area (Å²) in [5.41, 5.74) is 4.40. The average molecular weight is 322 g/mol. The molecule has 3 N–H and O–H groups in total. The van der Waals surface area contributed by atoms with Gasteiger partial charge in [-0.3, -0.25) is 9.59 Å². The van der Waals surface area contributed by atoms with Gasteiger partial charge in [0, 0.05) is 22.8 Å². The van der Waals surface area contributed by atoms with Crippen molar-refractivity contribution in [1.29, 1.82) is 0 Å². The quantitative estimate of drug-likeness (QED) is 0.845. The van der Waals surface area contributed by atoms with E-state index in [1.165, 1.54) is 19.1 Å². The molecule has 1 atom stereocenters. The number of carbonyl (C=O) groups is 2. The molecule has 0 aliphatic heterocycles. The highest BCUT2D eigenvalue weighted by Gasteiger charge is 2.35. The number of halogens is 2. The SMILES string of the molecule is C[C@@](NC(=O)c1ccnc(F)c1)(C(N)=O)c1cccc(Cl)c1. The van der Waals surface area contributed by atoms with Gasteiger partial charge in [0.05, 0.1) is 0 Å². The lowest BCUT2D eigenvalue weighted by Gasteiger charge is -2.28. The van der Waals surface area contributed by atoms with Gasteiger partial charge in [0.1, 0.15) is 5.54 Å². The molecule has 0 spiro atoms. The van der Waals surface area contributed by atoms with Crippen LogP contribution in [0.1, 0.15) is 22.8 Å². The number of rotatable bonds is 4. The summed E-state index contributed by atoms with van der Waals surface area (Å²) in [5, 5.41) is 2.91. The molecule has 1 heterocycles. The number of nitrogens with one attached hydrogen (secondary N) is 1. The third-order valence-electron chi connectivity index (χ3n) is 3.25. The Morgan fingerprint density at radius 3 is 2.64 bits per heavy atom. The largest absolute Gasteiger partial charge is 0.367 e. The molecule has 1 aromatic carbocycles.